The third-order valence-corrected chi connectivity index (χ3v) is 3.66. The monoisotopic (exact) mass is 167 g/mol. The van der Waals surface area contributed by atoms with E-state index in [2.05, 4.69) is 4.90 Å². The van der Waals surface area contributed by atoms with Crippen molar-refractivity contribution in [3.8, 4) is 0 Å². The van der Waals surface area contributed by atoms with Gasteiger partial charge in [0.1, 0.15) is 0 Å². The van der Waals surface area contributed by atoms with Crippen molar-refractivity contribution in [2.45, 2.75) is 50.3 Å². The molecule has 0 aliphatic carbocycles. The summed E-state index contributed by atoms with van der Waals surface area (Å²) < 4.78 is 5.29. The van der Waals surface area contributed by atoms with Gasteiger partial charge in [0.25, 0.3) is 0 Å². The SMILES string of the molecule is C1CC2CCC(C1)N2C[C@H]1CO1. The molecule has 2 unspecified atom stereocenters. The molecule has 2 heteroatoms. The second kappa shape index (κ2) is 2.71. The van der Waals surface area contributed by atoms with Crippen LogP contribution >= 0.6 is 0 Å². The smallest absolute Gasteiger partial charge is 0.0936 e. The van der Waals surface area contributed by atoms with Crippen molar-refractivity contribution in [2.24, 2.45) is 0 Å². The summed E-state index contributed by atoms with van der Waals surface area (Å²) in [6.07, 6.45) is 7.88. The summed E-state index contributed by atoms with van der Waals surface area (Å²) in [7, 11) is 0. The minimum Gasteiger partial charge on any atom is -0.372 e. The van der Waals surface area contributed by atoms with Gasteiger partial charge in [-0.2, -0.15) is 0 Å². The number of piperidine rings is 1. The molecule has 3 fully saturated rings. The van der Waals surface area contributed by atoms with Crippen LogP contribution in [0.1, 0.15) is 32.1 Å². The lowest BCUT2D eigenvalue weighted by atomic mass is 10.0. The van der Waals surface area contributed by atoms with Gasteiger partial charge >= 0.3 is 0 Å². The van der Waals surface area contributed by atoms with Gasteiger partial charge in [0.05, 0.1) is 12.7 Å². The maximum atomic E-state index is 5.29. The lowest BCUT2D eigenvalue weighted by Crippen LogP contribution is -2.41. The van der Waals surface area contributed by atoms with Crippen molar-refractivity contribution in [3.05, 3.63) is 0 Å². The molecule has 0 N–H and O–H groups in total. The van der Waals surface area contributed by atoms with Crippen LogP contribution in [-0.2, 0) is 4.74 Å². The lowest BCUT2D eigenvalue weighted by Gasteiger charge is -2.34. The normalized spacial score (nSPS) is 46.5. The van der Waals surface area contributed by atoms with Gasteiger partial charge in [-0.25, -0.2) is 0 Å². The van der Waals surface area contributed by atoms with E-state index in [9.17, 15) is 0 Å². The molecule has 0 radical (unpaired) electrons. The van der Waals surface area contributed by atoms with Gasteiger partial charge in [0, 0.05) is 18.6 Å². The van der Waals surface area contributed by atoms with Crippen molar-refractivity contribution < 1.29 is 4.74 Å². The molecule has 3 rings (SSSR count). The predicted octanol–water partition coefficient (Wildman–Crippen LogP) is 1.40. The number of nitrogens with zero attached hydrogens (tertiary/aromatic N) is 1. The highest BCUT2D eigenvalue weighted by molar-refractivity contribution is 4.93. The average Bonchev–Trinajstić information content (AvgIpc) is 2.81. The second-order valence-corrected chi connectivity index (χ2v) is 4.47. The first kappa shape index (κ1) is 7.34. The third-order valence-electron chi connectivity index (χ3n) is 3.66. The number of rotatable bonds is 2. The molecular weight excluding hydrogens is 150 g/mol. The van der Waals surface area contributed by atoms with Crippen LogP contribution in [0.2, 0.25) is 0 Å². The summed E-state index contributed by atoms with van der Waals surface area (Å²) in [5.41, 5.74) is 0. The van der Waals surface area contributed by atoms with Crippen molar-refractivity contribution >= 4 is 0 Å². The average molecular weight is 167 g/mol. The molecule has 3 heterocycles. The van der Waals surface area contributed by atoms with Crippen LogP contribution in [0.5, 0.6) is 0 Å². The molecule has 0 aromatic rings. The highest BCUT2D eigenvalue weighted by Gasteiger charge is 2.39. The van der Waals surface area contributed by atoms with Gasteiger partial charge in [0.15, 0.2) is 0 Å². The van der Waals surface area contributed by atoms with E-state index in [4.69, 9.17) is 4.74 Å². The van der Waals surface area contributed by atoms with E-state index >= 15 is 0 Å². The zero-order valence-corrected chi connectivity index (χ0v) is 7.54. The van der Waals surface area contributed by atoms with E-state index in [1.807, 2.05) is 0 Å². The summed E-state index contributed by atoms with van der Waals surface area (Å²) in [6, 6.07) is 1.85. The van der Waals surface area contributed by atoms with Gasteiger partial charge in [-0.15, -0.1) is 0 Å². The van der Waals surface area contributed by atoms with E-state index < -0.39 is 0 Å². The molecule has 0 amide bonds. The van der Waals surface area contributed by atoms with Gasteiger partial charge in [-0.1, -0.05) is 6.42 Å². The fourth-order valence-corrected chi connectivity index (χ4v) is 2.93. The van der Waals surface area contributed by atoms with Crippen LogP contribution in [0, 0.1) is 0 Å². The lowest BCUT2D eigenvalue weighted by molar-refractivity contribution is 0.128. The number of hydrogen-bond acceptors (Lipinski definition) is 2. The van der Waals surface area contributed by atoms with Gasteiger partial charge in [-0.3, -0.25) is 4.90 Å². The molecule has 0 spiro atoms. The van der Waals surface area contributed by atoms with Crippen LogP contribution in [0.15, 0.2) is 0 Å². The van der Waals surface area contributed by atoms with Crippen LogP contribution < -0.4 is 0 Å². The first-order valence-electron chi connectivity index (χ1n) is 5.31. The molecule has 0 aromatic heterocycles. The number of ether oxygens (including phenoxy) is 1. The first-order chi connectivity index (χ1) is 5.93. The molecule has 3 aliphatic heterocycles. The zero-order chi connectivity index (χ0) is 7.97. The summed E-state index contributed by atoms with van der Waals surface area (Å²) in [6.45, 7) is 2.26. The Morgan fingerprint density at radius 1 is 1.08 bits per heavy atom. The first-order valence-corrected chi connectivity index (χ1v) is 5.31. The molecule has 12 heavy (non-hydrogen) atoms. The van der Waals surface area contributed by atoms with Gasteiger partial charge < -0.3 is 4.74 Å². The summed E-state index contributed by atoms with van der Waals surface area (Å²) >= 11 is 0. The molecule has 3 aliphatic rings. The van der Waals surface area contributed by atoms with E-state index in [0.29, 0.717) is 6.10 Å². The Kier molecular flexibility index (Phi) is 1.66. The highest BCUT2D eigenvalue weighted by atomic mass is 16.6. The van der Waals surface area contributed by atoms with Crippen molar-refractivity contribution in [1.82, 2.24) is 4.90 Å². The Hall–Kier alpha value is -0.0800. The quantitative estimate of drug-likeness (QED) is 0.578. The Morgan fingerprint density at radius 3 is 2.33 bits per heavy atom. The summed E-state index contributed by atoms with van der Waals surface area (Å²) in [5, 5.41) is 0. The number of fused-ring (bicyclic) bond motifs is 2. The summed E-state index contributed by atoms with van der Waals surface area (Å²) in [5.74, 6) is 0. The largest absolute Gasteiger partial charge is 0.372 e. The molecular formula is C10H17NO. The van der Waals surface area contributed by atoms with Crippen molar-refractivity contribution in [1.29, 1.82) is 0 Å². The minimum atomic E-state index is 0.603. The molecule has 3 saturated heterocycles. The number of hydrogen-bond donors (Lipinski definition) is 0. The van der Waals surface area contributed by atoms with Crippen molar-refractivity contribution in [3.63, 3.8) is 0 Å². The van der Waals surface area contributed by atoms with E-state index in [1.54, 1.807) is 0 Å². The van der Waals surface area contributed by atoms with Crippen LogP contribution in [-0.4, -0.2) is 36.2 Å². The minimum absolute atomic E-state index is 0.603. The molecule has 0 aromatic carbocycles. The predicted molar refractivity (Wildman–Crippen MR) is 47.1 cm³/mol. The highest BCUT2D eigenvalue weighted by Crippen LogP contribution is 2.36. The number of epoxide rings is 1. The standard InChI is InChI=1S/C10H17NO/c1-2-8-4-5-9(3-1)11(8)6-10-7-12-10/h8-10H,1-7H2/t8?,9?,10-/m0/s1. The van der Waals surface area contributed by atoms with E-state index in [-0.39, 0.29) is 0 Å². The van der Waals surface area contributed by atoms with E-state index in [1.165, 1.54) is 38.6 Å². The molecule has 0 saturated carbocycles. The summed E-state index contributed by atoms with van der Waals surface area (Å²) in [4.78, 5) is 2.72. The third kappa shape index (κ3) is 1.17. The van der Waals surface area contributed by atoms with Crippen LogP contribution in [0.25, 0.3) is 0 Å². The fraction of sp³-hybridized carbons (Fsp3) is 1.00. The topological polar surface area (TPSA) is 15.8 Å². The van der Waals surface area contributed by atoms with Crippen LogP contribution in [0.3, 0.4) is 0 Å². The van der Waals surface area contributed by atoms with E-state index in [0.717, 1.165) is 18.7 Å². The maximum Gasteiger partial charge on any atom is 0.0936 e. The van der Waals surface area contributed by atoms with Gasteiger partial charge in [0.2, 0.25) is 0 Å². The van der Waals surface area contributed by atoms with Crippen LogP contribution in [0.4, 0.5) is 0 Å². The molecule has 68 valence electrons. The molecule has 3 atom stereocenters. The molecule has 2 bridgehead atoms. The zero-order valence-electron chi connectivity index (χ0n) is 7.54. The van der Waals surface area contributed by atoms with Gasteiger partial charge in [-0.05, 0) is 25.7 Å². The fourth-order valence-electron chi connectivity index (χ4n) is 2.93. The Bertz CT molecular complexity index is 163. The maximum absolute atomic E-state index is 5.29. The Balaban J connectivity index is 1.67. The second-order valence-electron chi connectivity index (χ2n) is 4.47. The molecule has 2 nitrogen and oxygen atoms in total. The van der Waals surface area contributed by atoms with Crippen molar-refractivity contribution in [2.75, 3.05) is 13.2 Å². The Labute approximate surface area is 73.9 Å². The Morgan fingerprint density at radius 2 is 1.75 bits per heavy atom.